The standard InChI is InChI=1S/C29H35F3N4O5S/c1-27(2,3)41-26(38)13-22-28(4,5)42(39)23(9-10-35-42)29(6,36-22)18-11-17(7-8-19(18)30)12-21(37)20-14-34-25(15-33-20)40-16-24(31)32/h7-8,11,14-15,23-24H,9-10,12-13,16H2,1-6H3/t23-,29+,42+/m0/s1. The minimum Gasteiger partial charge on any atom is -0.470 e. The largest absolute Gasteiger partial charge is 0.470 e. The molecule has 4 rings (SSSR count). The zero-order valence-corrected chi connectivity index (χ0v) is 25.3. The monoisotopic (exact) mass is 608 g/mol. The Morgan fingerprint density at radius 1 is 1.12 bits per heavy atom. The van der Waals surface area contributed by atoms with Gasteiger partial charge in [-0.25, -0.2) is 31.7 Å². The van der Waals surface area contributed by atoms with Crippen LogP contribution in [0.25, 0.3) is 0 Å². The van der Waals surface area contributed by atoms with Crippen LogP contribution in [0.5, 0.6) is 5.88 Å². The number of hydrogen-bond donors (Lipinski definition) is 0. The van der Waals surface area contributed by atoms with E-state index in [4.69, 9.17) is 14.5 Å². The van der Waals surface area contributed by atoms with Crippen molar-refractivity contribution in [2.24, 2.45) is 9.36 Å². The molecule has 13 heteroatoms. The van der Waals surface area contributed by atoms with E-state index in [2.05, 4.69) is 14.3 Å². The van der Waals surface area contributed by atoms with E-state index in [-0.39, 0.29) is 30.0 Å². The van der Waals surface area contributed by atoms with Crippen LogP contribution in [0.3, 0.4) is 0 Å². The van der Waals surface area contributed by atoms with Crippen molar-refractivity contribution < 1.29 is 36.4 Å². The van der Waals surface area contributed by atoms with Gasteiger partial charge in [0.1, 0.15) is 22.7 Å². The quantitative estimate of drug-likeness (QED) is 0.287. The van der Waals surface area contributed by atoms with Gasteiger partial charge in [-0.1, -0.05) is 6.07 Å². The minimum absolute atomic E-state index is 0.0221. The van der Waals surface area contributed by atoms with Crippen molar-refractivity contribution in [1.29, 1.82) is 0 Å². The number of benzene rings is 1. The van der Waals surface area contributed by atoms with E-state index in [1.54, 1.807) is 41.5 Å². The SMILES string of the molecule is CC(C)(C)OC(=O)CC1=N[C@](C)(c2cc(CC(=O)c3cnc(OCC(F)F)cn3)ccc2F)[C@@H]2CCN=[S@]2(=O)C1(C)C. The van der Waals surface area contributed by atoms with E-state index in [1.165, 1.54) is 18.2 Å². The summed E-state index contributed by atoms with van der Waals surface area (Å²) in [6, 6.07) is 4.21. The van der Waals surface area contributed by atoms with Crippen LogP contribution in [0.15, 0.2) is 39.9 Å². The van der Waals surface area contributed by atoms with Gasteiger partial charge in [-0.3, -0.25) is 14.6 Å². The number of ketones is 1. The number of carbonyl (C=O) groups excluding carboxylic acids is 2. The Kier molecular flexibility index (Phi) is 8.56. The van der Waals surface area contributed by atoms with Crippen LogP contribution in [0.1, 0.15) is 76.0 Å². The summed E-state index contributed by atoms with van der Waals surface area (Å²) in [5.74, 6) is -1.72. The summed E-state index contributed by atoms with van der Waals surface area (Å²) in [7, 11) is -3.00. The molecule has 0 radical (unpaired) electrons. The van der Waals surface area contributed by atoms with Gasteiger partial charge in [-0.15, -0.1) is 0 Å². The third kappa shape index (κ3) is 6.20. The highest BCUT2D eigenvalue weighted by molar-refractivity contribution is 7.96. The van der Waals surface area contributed by atoms with Crippen LogP contribution in [-0.4, -0.2) is 66.8 Å². The van der Waals surface area contributed by atoms with Gasteiger partial charge in [0.05, 0.1) is 38.5 Å². The van der Waals surface area contributed by atoms with Gasteiger partial charge in [0, 0.05) is 24.2 Å². The van der Waals surface area contributed by atoms with E-state index in [0.29, 0.717) is 24.2 Å². The number of nitrogens with zero attached hydrogens (tertiary/aromatic N) is 4. The number of hydrogen-bond acceptors (Lipinski definition) is 9. The highest BCUT2D eigenvalue weighted by atomic mass is 32.2. The van der Waals surface area contributed by atoms with Crippen LogP contribution in [0, 0.1) is 5.82 Å². The lowest BCUT2D eigenvalue weighted by Gasteiger charge is -2.46. The number of esters is 1. The molecule has 3 heterocycles. The molecule has 0 bridgehead atoms. The summed E-state index contributed by atoms with van der Waals surface area (Å²) in [5.41, 5.74) is -1.19. The van der Waals surface area contributed by atoms with Crippen molar-refractivity contribution in [2.45, 2.75) is 88.4 Å². The van der Waals surface area contributed by atoms with E-state index in [9.17, 15) is 22.6 Å². The molecule has 0 saturated carbocycles. The molecular weight excluding hydrogens is 573 g/mol. The van der Waals surface area contributed by atoms with E-state index in [0.717, 1.165) is 12.4 Å². The first-order chi connectivity index (χ1) is 19.5. The van der Waals surface area contributed by atoms with Crippen molar-refractivity contribution in [3.63, 3.8) is 0 Å². The number of fused-ring (bicyclic) bond motifs is 1. The first kappa shape index (κ1) is 31.6. The summed E-state index contributed by atoms with van der Waals surface area (Å²) < 4.78 is 68.5. The van der Waals surface area contributed by atoms with Crippen LogP contribution in [0.2, 0.25) is 0 Å². The average molecular weight is 609 g/mol. The highest BCUT2D eigenvalue weighted by Gasteiger charge is 2.57. The number of aliphatic imine (C=N–C) groups is 1. The predicted octanol–water partition coefficient (Wildman–Crippen LogP) is 5.11. The van der Waals surface area contributed by atoms with Gasteiger partial charge in [-0.2, -0.15) is 0 Å². The number of carbonyl (C=O) groups is 2. The lowest BCUT2D eigenvalue weighted by molar-refractivity contribution is -0.153. The summed E-state index contributed by atoms with van der Waals surface area (Å²) in [5, 5.41) is -0.630. The normalized spacial score (nSPS) is 24.9. The molecule has 1 aromatic heterocycles. The first-order valence-corrected chi connectivity index (χ1v) is 15.1. The maximum absolute atomic E-state index is 15.6. The van der Waals surface area contributed by atoms with Crippen molar-refractivity contribution in [2.75, 3.05) is 13.2 Å². The van der Waals surface area contributed by atoms with E-state index in [1.807, 2.05) is 0 Å². The Labute approximate surface area is 243 Å². The second kappa shape index (κ2) is 11.4. The summed E-state index contributed by atoms with van der Waals surface area (Å²) in [6.45, 7) is 9.88. The molecule has 1 aromatic carbocycles. The van der Waals surface area contributed by atoms with Crippen LogP contribution >= 0.6 is 0 Å². The number of alkyl halides is 2. The molecule has 0 N–H and O–H groups in total. The van der Waals surface area contributed by atoms with Gasteiger partial charge in [0.15, 0.2) is 12.4 Å². The average Bonchev–Trinajstić information content (AvgIpc) is 3.31. The van der Waals surface area contributed by atoms with Gasteiger partial charge >= 0.3 is 5.97 Å². The fourth-order valence-corrected chi connectivity index (χ4v) is 8.62. The fraction of sp³-hybridized carbons (Fsp3) is 0.552. The Hall–Kier alpha value is -3.35. The zero-order valence-electron chi connectivity index (χ0n) is 24.4. The second-order valence-electron chi connectivity index (χ2n) is 12.0. The van der Waals surface area contributed by atoms with Crippen molar-refractivity contribution in [3.05, 3.63) is 53.2 Å². The fourth-order valence-electron chi connectivity index (χ4n) is 5.35. The molecule has 2 aromatic rings. The number of aromatic nitrogens is 2. The number of Topliss-reactive ketones (excluding diaryl/α,β-unsaturated/α-hetero) is 1. The smallest absolute Gasteiger partial charge is 0.312 e. The third-order valence-electron chi connectivity index (χ3n) is 7.42. The first-order valence-electron chi connectivity index (χ1n) is 13.5. The maximum atomic E-state index is 15.6. The van der Waals surface area contributed by atoms with Crippen LogP contribution in [-0.2, 0) is 31.2 Å². The van der Waals surface area contributed by atoms with Gasteiger partial charge < -0.3 is 9.47 Å². The molecule has 0 saturated heterocycles. The maximum Gasteiger partial charge on any atom is 0.312 e. The van der Waals surface area contributed by atoms with Gasteiger partial charge in [-0.05, 0) is 65.7 Å². The van der Waals surface area contributed by atoms with Crippen molar-refractivity contribution >= 4 is 27.2 Å². The zero-order chi connectivity index (χ0) is 31.1. The molecule has 0 aliphatic carbocycles. The summed E-state index contributed by atoms with van der Waals surface area (Å²) in [6.07, 6.45) is -0.450. The van der Waals surface area contributed by atoms with Crippen molar-refractivity contribution in [1.82, 2.24) is 9.97 Å². The van der Waals surface area contributed by atoms with Gasteiger partial charge in [0.25, 0.3) is 6.43 Å². The lowest BCUT2D eigenvalue weighted by atomic mass is 9.84. The molecule has 3 atom stereocenters. The topological polar surface area (TPSA) is 120 Å². The molecule has 42 heavy (non-hydrogen) atoms. The number of ether oxygens (including phenoxy) is 2. The highest BCUT2D eigenvalue weighted by Crippen LogP contribution is 2.49. The second-order valence-corrected chi connectivity index (χ2v) is 15.0. The van der Waals surface area contributed by atoms with E-state index < -0.39 is 61.5 Å². The Bertz CT molecular complexity index is 1530. The third-order valence-corrected chi connectivity index (χ3v) is 11.2. The molecule has 0 fully saturated rings. The molecule has 0 spiro atoms. The van der Waals surface area contributed by atoms with Gasteiger partial charge in [0.2, 0.25) is 5.88 Å². The van der Waals surface area contributed by atoms with Crippen LogP contribution < -0.4 is 4.74 Å². The molecule has 2 aliphatic rings. The molecule has 9 nitrogen and oxygen atoms in total. The summed E-state index contributed by atoms with van der Waals surface area (Å²) >= 11 is 0. The molecular formula is C29H35F3N4O5S. The molecule has 2 aliphatic heterocycles. The Balaban J connectivity index is 1.68. The minimum atomic E-state index is -3.00. The Morgan fingerprint density at radius 3 is 2.45 bits per heavy atom. The van der Waals surface area contributed by atoms with E-state index >= 15 is 4.39 Å². The van der Waals surface area contributed by atoms with Crippen molar-refractivity contribution in [3.8, 4) is 5.88 Å². The molecule has 228 valence electrons. The Morgan fingerprint density at radius 2 is 1.83 bits per heavy atom. The number of rotatable bonds is 9. The molecule has 0 unspecified atom stereocenters. The lowest BCUT2D eigenvalue weighted by Crippen LogP contribution is -2.56. The molecule has 0 amide bonds. The predicted molar refractivity (Wildman–Crippen MR) is 151 cm³/mol. The number of halogens is 3. The van der Waals surface area contributed by atoms with Crippen LogP contribution in [0.4, 0.5) is 13.2 Å². The summed E-state index contributed by atoms with van der Waals surface area (Å²) in [4.78, 5) is 38.5.